The highest BCUT2D eigenvalue weighted by Crippen LogP contribution is 2.20. The van der Waals surface area contributed by atoms with Gasteiger partial charge >= 0.3 is 5.97 Å². The summed E-state index contributed by atoms with van der Waals surface area (Å²) in [5.74, 6) is -0.226. The van der Waals surface area contributed by atoms with Crippen molar-refractivity contribution in [2.24, 2.45) is 0 Å². The molecule has 0 spiro atoms. The van der Waals surface area contributed by atoms with Crippen LogP contribution in [0.3, 0.4) is 0 Å². The van der Waals surface area contributed by atoms with Crippen LogP contribution < -0.4 is 0 Å². The maximum absolute atomic E-state index is 11.5. The molecule has 0 aromatic carbocycles. The van der Waals surface area contributed by atoms with Crippen molar-refractivity contribution in [3.63, 3.8) is 0 Å². The van der Waals surface area contributed by atoms with Gasteiger partial charge in [-0.2, -0.15) is 0 Å². The summed E-state index contributed by atoms with van der Waals surface area (Å²) >= 11 is 0. The van der Waals surface area contributed by atoms with Gasteiger partial charge in [-0.15, -0.1) is 0 Å². The molecular formula is C11H18O4. The van der Waals surface area contributed by atoms with Crippen molar-refractivity contribution in [2.45, 2.75) is 58.3 Å². The average molecular weight is 214 g/mol. The molecule has 86 valence electrons. The molecule has 0 N–H and O–H groups in total. The number of carbonyl (C=O) groups excluding carboxylic acids is 2. The zero-order valence-electron chi connectivity index (χ0n) is 9.32. The van der Waals surface area contributed by atoms with Gasteiger partial charge in [0.1, 0.15) is 6.10 Å². The summed E-state index contributed by atoms with van der Waals surface area (Å²) < 4.78 is 10.4. The molecule has 0 aromatic heterocycles. The minimum Gasteiger partial charge on any atom is -0.436 e. The van der Waals surface area contributed by atoms with Gasteiger partial charge in [-0.3, -0.25) is 9.59 Å². The van der Waals surface area contributed by atoms with E-state index in [1.54, 1.807) is 0 Å². The molecule has 1 saturated heterocycles. The summed E-state index contributed by atoms with van der Waals surface area (Å²) in [4.78, 5) is 22.2. The van der Waals surface area contributed by atoms with E-state index in [0.29, 0.717) is 12.8 Å². The van der Waals surface area contributed by atoms with Crippen molar-refractivity contribution < 1.29 is 19.1 Å². The predicted octanol–water partition coefficient (Wildman–Crippen LogP) is 1.81. The molecule has 1 heterocycles. The second-order valence-electron chi connectivity index (χ2n) is 3.81. The van der Waals surface area contributed by atoms with E-state index >= 15 is 0 Å². The number of esters is 1. The van der Waals surface area contributed by atoms with Gasteiger partial charge in [0.05, 0.1) is 0 Å². The predicted molar refractivity (Wildman–Crippen MR) is 54.2 cm³/mol. The number of hydrogen-bond acceptors (Lipinski definition) is 4. The van der Waals surface area contributed by atoms with Crippen molar-refractivity contribution in [1.29, 1.82) is 0 Å². The lowest BCUT2D eigenvalue weighted by molar-refractivity contribution is -0.201. The minimum absolute atomic E-state index is 0.131. The van der Waals surface area contributed by atoms with Gasteiger partial charge in [0.25, 0.3) is 0 Å². The molecule has 0 aromatic rings. The summed E-state index contributed by atoms with van der Waals surface area (Å²) in [6.07, 6.45) is 2.76. The summed E-state index contributed by atoms with van der Waals surface area (Å²) in [7, 11) is 0. The standard InChI is InChI=1S/C11H18O4/c1-3-4-5-10-9(13)6-7-11(15-10)14-8(2)12/h10-11H,3-7H2,1-2H3. The molecule has 0 radical (unpaired) electrons. The molecular weight excluding hydrogens is 196 g/mol. The van der Waals surface area contributed by atoms with E-state index in [4.69, 9.17) is 9.47 Å². The van der Waals surface area contributed by atoms with Gasteiger partial charge in [0.15, 0.2) is 5.78 Å². The van der Waals surface area contributed by atoms with Crippen LogP contribution in [0, 0.1) is 0 Å². The second-order valence-corrected chi connectivity index (χ2v) is 3.81. The number of ether oxygens (including phenoxy) is 2. The number of carbonyl (C=O) groups is 2. The van der Waals surface area contributed by atoms with Crippen molar-refractivity contribution in [1.82, 2.24) is 0 Å². The van der Waals surface area contributed by atoms with Crippen LogP contribution in [0.25, 0.3) is 0 Å². The minimum atomic E-state index is -0.526. The Bertz CT molecular complexity index is 237. The lowest BCUT2D eigenvalue weighted by Gasteiger charge is -2.28. The van der Waals surface area contributed by atoms with Gasteiger partial charge < -0.3 is 9.47 Å². The van der Waals surface area contributed by atoms with E-state index in [1.165, 1.54) is 6.92 Å². The fraction of sp³-hybridized carbons (Fsp3) is 0.818. The third-order valence-electron chi connectivity index (χ3n) is 2.42. The zero-order valence-corrected chi connectivity index (χ0v) is 9.32. The number of rotatable bonds is 4. The molecule has 0 amide bonds. The van der Waals surface area contributed by atoms with E-state index in [0.717, 1.165) is 19.3 Å². The topological polar surface area (TPSA) is 52.6 Å². The normalized spacial score (nSPS) is 26.4. The maximum Gasteiger partial charge on any atom is 0.304 e. The van der Waals surface area contributed by atoms with E-state index in [-0.39, 0.29) is 17.9 Å². The summed E-state index contributed by atoms with van der Waals surface area (Å²) in [5.41, 5.74) is 0. The Morgan fingerprint density at radius 1 is 1.60 bits per heavy atom. The van der Waals surface area contributed by atoms with Crippen molar-refractivity contribution in [3.8, 4) is 0 Å². The Kier molecular flexibility index (Phi) is 4.75. The fourth-order valence-electron chi connectivity index (χ4n) is 1.64. The first-order chi connectivity index (χ1) is 7.13. The van der Waals surface area contributed by atoms with Gasteiger partial charge in [0.2, 0.25) is 6.29 Å². The van der Waals surface area contributed by atoms with Crippen LogP contribution in [0.4, 0.5) is 0 Å². The Labute approximate surface area is 89.9 Å². The summed E-state index contributed by atoms with van der Waals surface area (Å²) in [5, 5.41) is 0. The van der Waals surface area contributed by atoms with Crippen molar-refractivity contribution in [2.75, 3.05) is 0 Å². The Morgan fingerprint density at radius 3 is 2.93 bits per heavy atom. The van der Waals surface area contributed by atoms with Gasteiger partial charge in [-0.05, 0) is 6.42 Å². The van der Waals surface area contributed by atoms with Gasteiger partial charge in [0, 0.05) is 19.8 Å². The Balaban J connectivity index is 2.40. The molecule has 1 fully saturated rings. The quantitative estimate of drug-likeness (QED) is 0.670. The first kappa shape index (κ1) is 12.2. The molecule has 4 heteroatoms. The number of Topliss-reactive ketones (excluding diaryl/α,β-unsaturated/α-hetero) is 1. The zero-order chi connectivity index (χ0) is 11.3. The van der Waals surface area contributed by atoms with E-state index in [9.17, 15) is 9.59 Å². The van der Waals surface area contributed by atoms with Crippen molar-refractivity contribution in [3.05, 3.63) is 0 Å². The number of unbranched alkanes of at least 4 members (excludes halogenated alkanes) is 1. The third-order valence-corrected chi connectivity index (χ3v) is 2.42. The molecule has 15 heavy (non-hydrogen) atoms. The first-order valence-corrected chi connectivity index (χ1v) is 5.49. The number of ketones is 1. The van der Waals surface area contributed by atoms with Gasteiger partial charge in [-0.1, -0.05) is 19.8 Å². The molecule has 4 nitrogen and oxygen atoms in total. The lowest BCUT2D eigenvalue weighted by atomic mass is 10.0. The monoisotopic (exact) mass is 214 g/mol. The van der Waals surface area contributed by atoms with Gasteiger partial charge in [-0.25, -0.2) is 0 Å². The molecule has 0 saturated carbocycles. The Morgan fingerprint density at radius 2 is 2.33 bits per heavy atom. The molecule has 1 aliphatic heterocycles. The first-order valence-electron chi connectivity index (χ1n) is 5.49. The highest BCUT2D eigenvalue weighted by Gasteiger charge is 2.30. The largest absolute Gasteiger partial charge is 0.436 e. The smallest absolute Gasteiger partial charge is 0.304 e. The van der Waals surface area contributed by atoms with Crippen LogP contribution in [0.1, 0.15) is 46.0 Å². The van der Waals surface area contributed by atoms with E-state index < -0.39 is 6.29 Å². The highest BCUT2D eigenvalue weighted by molar-refractivity contribution is 5.83. The second kappa shape index (κ2) is 5.85. The average Bonchev–Trinajstić information content (AvgIpc) is 2.18. The van der Waals surface area contributed by atoms with Crippen LogP contribution in [0.15, 0.2) is 0 Å². The summed E-state index contributed by atoms with van der Waals surface area (Å²) in [6.45, 7) is 3.41. The van der Waals surface area contributed by atoms with Crippen LogP contribution in [0.2, 0.25) is 0 Å². The van der Waals surface area contributed by atoms with E-state index in [2.05, 4.69) is 6.92 Å². The molecule has 0 bridgehead atoms. The van der Waals surface area contributed by atoms with Crippen LogP contribution in [-0.4, -0.2) is 24.1 Å². The third kappa shape index (κ3) is 4.00. The van der Waals surface area contributed by atoms with Crippen molar-refractivity contribution >= 4 is 11.8 Å². The fourth-order valence-corrected chi connectivity index (χ4v) is 1.64. The summed E-state index contributed by atoms with van der Waals surface area (Å²) in [6, 6.07) is 0. The van der Waals surface area contributed by atoms with E-state index in [1.807, 2.05) is 0 Å². The van der Waals surface area contributed by atoms with Crippen LogP contribution in [-0.2, 0) is 19.1 Å². The maximum atomic E-state index is 11.5. The number of hydrogen-bond donors (Lipinski definition) is 0. The highest BCUT2D eigenvalue weighted by atomic mass is 16.7. The molecule has 2 atom stereocenters. The molecule has 0 aliphatic carbocycles. The molecule has 1 aliphatic rings. The van der Waals surface area contributed by atoms with Crippen LogP contribution in [0.5, 0.6) is 0 Å². The Hall–Kier alpha value is -0.900. The SMILES string of the molecule is CCCCC1OC(OC(C)=O)CCC1=O. The lowest BCUT2D eigenvalue weighted by Crippen LogP contribution is -2.37. The molecule has 1 rings (SSSR count). The molecule has 2 unspecified atom stereocenters. The van der Waals surface area contributed by atoms with Crippen LogP contribution >= 0.6 is 0 Å².